The van der Waals surface area contributed by atoms with E-state index in [1.807, 2.05) is 11.6 Å². The van der Waals surface area contributed by atoms with Gasteiger partial charge in [0.2, 0.25) is 0 Å². The summed E-state index contributed by atoms with van der Waals surface area (Å²) in [7, 11) is 2.00. The van der Waals surface area contributed by atoms with Gasteiger partial charge in [0, 0.05) is 29.0 Å². The number of fused-ring (bicyclic) bond motifs is 1. The fourth-order valence-electron chi connectivity index (χ4n) is 4.83. The zero-order chi connectivity index (χ0) is 20.1. The number of nitrogens with one attached hydrogen (secondary N) is 1. The molecule has 0 radical (unpaired) electrons. The molecule has 28 heavy (non-hydrogen) atoms. The molecule has 150 valence electrons. The molecular formula is C22H29N3OS2. The van der Waals surface area contributed by atoms with Gasteiger partial charge in [0.25, 0.3) is 5.91 Å². The first-order valence-corrected chi connectivity index (χ1v) is 11.6. The maximum absolute atomic E-state index is 13.8. The number of amides is 1. The molecule has 0 atom stereocenters. The van der Waals surface area contributed by atoms with Crippen LogP contribution in [0.25, 0.3) is 10.2 Å². The van der Waals surface area contributed by atoms with Crippen molar-refractivity contribution in [3.05, 3.63) is 45.6 Å². The monoisotopic (exact) mass is 415 g/mol. The summed E-state index contributed by atoms with van der Waals surface area (Å²) in [5.74, 6) is 0.137. The SMILES string of the molecule is Cn1c(C(=O)N(Cc2cccs2)C2CC(C)(C)NC(C)(C)C2)cc2sccc21. The normalized spacial score (nSPS) is 19.2. The topological polar surface area (TPSA) is 37.3 Å². The number of rotatable bonds is 4. The second kappa shape index (κ2) is 7.01. The number of hydrogen-bond acceptors (Lipinski definition) is 4. The molecule has 1 aliphatic heterocycles. The van der Waals surface area contributed by atoms with Crippen LogP contribution < -0.4 is 5.32 Å². The number of carbonyl (C=O) groups excluding carboxylic acids is 1. The summed E-state index contributed by atoms with van der Waals surface area (Å²) in [5.41, 5.74) is 1.91. The molecule has 3 aromatic rings. The molecule has 1 amide bonds. The van der Waals surface area contributed by atoms with Gasteiger partial charge >= 0.3 is 0 Å². The second-order valence-electron chi connectivity index (χ2n) is 9.23. The molecule has 3 aromatic heterocycles. The van der Waals surface area contributed by atoms with Crippen molar-refractivity contribution in [1.82, 2.24) is 14.8 Å². The van der Waals surface area contributed by atoms with Gasteiger partial charge in [-0.15, -0.1) is 22.7 Å². The Bertz CT molecular complexity index is 965. The van der Waals surface area contributed by atoms with E-state index in [-0.39, 0.29) is 23.0 Å². The van der Waals surface area contributed by atoms with Crippen LogP contribution in [0.2, 0.25) is 0 Å². The number of nitrogens with zero attached hydrogens (tertiary/aromatic N) is 2. The first kappa shape index (κ1) is 19.7. The van der Waals surface area contributed by atoms with Gasteiger partial charge < -0.3 is 14.8 Å². The van der Waals surface area contributed by atoms with Crippen LogP contribution >= 0.6 is 22.7 Å². The molecule has 1 fully saturated rings. The molecule has 1 N–H and O–H groups in total. The van der Waals surface area contributed by atoms with Gasteiger partial charge in [0.15, 0.2) is 0 Å². The summed E-state index contributed by atoms with van der Waals surface area (Å²) in [6.07, 6.45) is 1.90. The van der Waals surface area contributed by atoms with E-state index >= 15 is 0 Å². The van der Waals surface area contributed by atoms with Gasteiger partial charge in [-0.2, -0.15) is 0 Å². The Morgan fingerprint density at radius 3 is 2.50 bits per heavy atom. The summed E-state index contributed by atoms with van der Waals surface area (Å²) in [6, 6.07) is 8.55. The van der Waals surface area contributed by atoms with Crippen molar-refractivity contribution in [3.8, 4) is 0 Å². The zero-order valence-electron chi connectivity index (χ0n) is 17.3. The molecule has 0 aliphatic carbocycles. The van der Waals surface area contributed by atoms with E-state index in [0.717, 1.165) is 24.1 Å². The highest BCUT2D eigenvalue weighted by Crippen LogP contribution is 2.34. The van der Waals surface area contributed by atoms with Crippen LogP contribution in [0.3, 0.4) is 0 Å². The summed E-state index contributed by atoms with van der Waals surface area (Å²) < 4.78 is 3.22. The lowest BCUT2D eigenvalue weighted by Crippen LogP contribution is -2.62. The molecule has 0 unspecified atom stereocenters. The highest BCUT2D eigenvalue weighted by molar-refractivity contribution is 7.17. The smallest absolute Gasteiger partial charge is 0.271 e. The summed E-state index contributed by atoms with van der Waals surface area (Å²) in [5, 5.41) is 7.92. The molecule has 0 spiro atoms. The molecule has 4 heterocycles. The lowest BCUT2D eigenvalue weighted by molar-refractivity contribution is 0.0415. The maximum Gasteiger partial charge on any atom is 0.271 e. The minimum Gasteiger partial charge on any atom is -0.339 e. The first-order valence-electron chi connectivity index (χ1n) is 9.81. The Morgan fingerprint density at radius 1 is 1.18 bits per heavy atom. The van der Waals surface area contributed by atoms with Crippen LogP contribution in [0.4, 0.5) is 0 Å². The Balaban J connectivity index is 1.71. The molecule has 0 aromatic carbocycles. The Hall–Kier alpha value is -1.63. The third-order valence-electron chi connectivity index (χ3n) is 5.66. The highest BCUT2D eigenvalue weighted by atomic mass is 32.1. The average molecular weight is 416 g/mol. The second-order valence-corrected chi connectivity index (χ2v) is 11.2. The Morgan fingerprint density at radius 2 is 1.89 bits per heavy atom. The Kier molecular flexibility index (Phi) is 4.92. The van der Waals surface area contributed by atoms with E-state index in [0.29, 0.717) is 6.54 Å². The minimum absolute atomic E-state index is 0.00501. The van der Waals surface area contributed by atoms with Crippen molar-refractivity contribution in [3.63, 3.8) is 0 Å². The number of aromatic nitrogens is 1. The van der Waals surface area contributed by atoms with Crippen LogP contribution in [0.1, 0.15) is 55.9 Å². The van der Waals surface area contributed by atoms with Crippen LogP contribution in [0.5, 0.6) is 0 Å². The largest absolute Gasteiger partial charge is 0.339 e. The van der Waals surface area contributed by atoms with E-state index in [4.69, 9.17) is 0 Å². The molecule has 4 rings (SSSR count). The molecular weight excluding hydrogens is 386 g/mol. The van der Waals surface area contributed by atoms with Crippen LogP contribution in [-0.2, 0) is 13.6 Å². The van der Waals surface area contributed by atoms with Crippen molar-refractivity contribution in [2.24, 2.45) is 7.05 Å². The predicted molar refractivity (Wildman–Crippen MR) is 119 cm³/mol. The van der Waals surface area contributed by atoms with E-state index in [1.165, 1.54) is 9.58 Å². The summed E-state index contributed by atoms with van der Waals surface area (Å²) in [6.45, 7) is 9.65. The first-order chi connectivity index (χ1) is 13.2. The molecule has 0 saturated carbocycles. The molecule has 1 aliphatic rings. The third-order valence-corrected chi connectivity index (χ3v) is 7.37. The highest BCUT2D eigenvalue weighted by Gasteiger charge is 2.41. The average Bonchev–Trinajstić information content (AvgIpc) is 3.28. The number of carbonyl (C=O) groups is 1. The van der Waals surface area contributed by atoms with Crippen LogP contribution in [-0.4, -0.2) is 32.5 Å². The van der Waals surface area contributed by atoms with E-state index in [2.05, 4.69) is 72.9 Å². The molecule has 6 heteroatoms. The van der Waals surface area contributed by atoms with Crippen LogP contribution in [0.15, 0.2) is 35.0 Å². The zero-order valence-corrected chi connectivity index (χ0v) is 18.9. The fourth-order valence-corrected chi connectivity index (χ4v) is 6.38. The quantitative estimate of drug-likeness (QED) is 0.632. The van der Waals surface area contributed by atoms with Crippen LogP contribution in [0, 0.1) is 0 Å². The van der Waals surface area contributed by atoms with Gasteiger partial charge in [-0.25, -0.2) is 0 Å². The molecule has 1 saturated heterocycles. The van der Waals surface area contributed by atoms with Crippen molar-refractivity contribution in [2.75, 3.05) is 0 Å². The lowest BCUT2D eigenvalue weighted by Gasteiger charge is -2.49. The number of thiophene rings is 2. The molecule has 4 nitrogen and oxygen atoms in total. The summed E-state index contributed by atoms with van der Waals surface area (Å²) >= 11 is 3.42. The van der Waals surface area contributed by atoms with Gasteiger partial charge in [0.1, 0.15) is 5.69 Å². The number of aryl methyl sites for hydroxylation is 1. The standard InChI is InChI=1S/C22H29N3OS2/c1-21(2)12-15(13-22(3,4)23-21)25(14-16-7-6-9-27-16)20(26)18-11-19-17(24(18)5)8-10-28-19/h6-11,15,23H,12-14H2,1-5H3. The van der Waals surface area contributed by atoms with Gasteiger partial charge in [-0.05, 0) is 69.5 Å². The van der Waals surface area contributed by atoms with Gasteiger partial charge in [-0.3, -0.25) is 4.79 Å². The fraction of sp³-hybridized carbons (Fsp3) is 0.500. The van der Waals surface area contributed by atoms with E-state index in [9.17, 15) is 4.79 Å². The predicted octanol–water partition coefficient (Wildman–Crippen LogP) is 5.25. The maximum atomic E-state index is 13.8. The summed E-state index contributed by atoms with van der Waals surface area (Å²) in [4.78, 5) is 17.1. The van der Waals surface area contributed by atoms with Crippen molar-refractivity contribution < 1.29 is 4.79 Å². The van der Waals surface area contributed by atoms with Gasteiger partial charge in [-0.1, -0.05) is 6.07 Å². The molecule has 0 bridgehead atoms. The lowest BCUT2D eigenvalue weighted by atomic mass is 9.79. The van der Waals surface area contributed by atoms with Crippen molar-refractivity contribution in [1.29, 1.82) is 0 Å². The Labute approximate surface area is 175 Å². The number of hydrogen-bond donors (Lipinski definition) is 1. The van der Waals surface area contributed by atoms with Crippen molar-refractivity contribution >= 4 is 38.8 Å². The minimum atomic E-state index is -0.00501. The number of piperidine rings is 1. The van der Waals surface area contributed by atoms with Gasteiger partial charge in [0.05, 0.1) is 16.8 Å². The third kappa shape index (κ3) is 3.78. The van der Waals surface area contributed by atoms with E-state index < -0.39 is 0 Å². The van der Waals surface area contributed by atoms with E-state index in [1.54, 1.807) is 22.7 Å². The van der Waals surface area contributed by atoms with Crippen molar-refractivity contribution in [2.45, 2.75) is 64.2 Å².